The van der Waals surface area contributed by atoms with Crippen molar-refractivity contribution >= 4 is 5.91 Å². The number of nitrogens with two attached hydrogens (primary N) is 1. The van der Waals surface area contributed by atoms with Gasteiger partial charge in [0, 0.05) is 18.7 Å². The zero-order valence-electron chi connectivity index (χ0n) is 9.93. The molecule has 1 aromatic heterocycles. The Morgan fingerprint density at radius 1 is 1.47 bits per heavy atom. The minimum Gasteiger partial charge on any atom is -0.350 e. The van der Waals surface area contributed by atoms with Crippen molar-refractivity contribution in [3.8, 4) is 0 Å². The summed E-state index contributed by atoms with van der Waals surface area (Å²) in [7, 11) is 0. The Kier molecular flexibility index (Phi) is 4.09. The molecule has 1 fully saturated rings. The van der Waals surface area contributed by atoms with Gasteiger partial charge in [-0.3, -0.25) is 9.78 Å². The standard InChI is InChI=1S/C13H19N3O/c14-12-6-3-4-10(12)8-13(17)16-9-11-5-1-2-7-15-11/h1-2,5,7,10,12H,3-4,6,8-9,14H2,(H,16,17)/t10-,12+/m0/s1. The first-order valence-corrected chi connectivity index (χ1v) is 6.18. The second-order valence-corrected chi connectivity index (χ2v) is 4.66. The molecule has 0 saturated heterocycles. The summed E-state index contributed by atoms with van der Waals surface area (Å²) in [6, 6.07) is 5.89. The van der Waals surface area contributed by atoms with E-state index >= 15 is 0 Å². The van der Waals surface area contributed by atoms with Gasteiger partial charge in [-0.1, -0.05) is 12.5 Å². The van der Waals surface area contributed by atoms with Crippen LogP contribution < -0.4 is 11.1 Å². The minimum atomic E-state index is 0.0815. The fourth-order valence-electron chi connectivity index (χ4n) is 2.32. The zero-order chi connectivity index (χ0) is 12.1. The highest BCUT2D eigenvalue weighted by Crippen LogP contribution is 2.26. The summed E-state index contributed by atoms with van der Waals surface area (Å²) in [6.45, 7) is 0.502. The maximum Gasteiger partial charge on any atom is 0.220 e. The van der Waals surface area contributed by atoms with E-state index < -0.39 is 0 Å². The van der Waals surface area contributed by atoms with Crippen molar-refractivity contribution in [1.82, 2.24) is 10.3 Å². The quantitative estimate of drug-likeness (QED) is 0.821. The molecule has 0 radical (unpaired) electrons. The monoisotopic (exact) mass is 233 g/mol. The molecule has 0 unspecified atom stereocenters. The zero-order valence-corrected chi connectivity index (χ0v) is 9.93. The van der Waals surface area contributed by atoms with Crippen LogP contribution in [0.3, 0.4) is 0 Å². The Morgan fingerprint density at radius 3 is 3.00 bits per heavy atom. The molecule has 0 spiro atoms. The second-order valence-electron chi connectivity index (χ2n) is 4.66. The molecule has 3 N–H and O–H groups in total. The largest absolute Gasteiger partial charge is 0.350 e. The van der Waals surface area contributed by atoms with Crippen molar-refractivity contribution in [2.24, 2.45) is 11.7 Å². The number of pyridine rings is 1. The third kappa shape index (κ3) is 3.53. The number of nitrogens with one attached hydrogen (secondary N) is 1. The molecular weight excluding hydrogens is 214 g/mol. The van der Waals surface area contributed by atoms with Crippen LogP contribution in [0.15, 0.2) is 24.4 Å². The number of rotatable bonds is 4. The Labute approximate surface area is 102 Å². The van der Waals surface area contributed by atoms with E-state index in [1.165, 1.54) is 0 Å². The molecule has 0 aliphatic heterocycles. The summed E-state index contributed by atoms with van der Waals surface area (Å²) >= 11 is 0. The Morgan fingerprint density at radius 2 is 2.35 bits per heavy atom. The number of carbonyl (C=O) groups excluding carboxylic acids is 1. The highest BCUT2D eigenvalue weighted by atomic mass is 16.1. The molecule has 2 rings (SSSR count). The minimum absolute atomic E-state index is 0.0815. The Hall–Kier alpha value is -1.42. The summed E-state index contributed by atoms with van der Waals surface area (Å²) in [5, 5.41) is 2.89. The number of hydrogen-bond acceptors (Lipinski definition) is 3. The van der Waals surface area contributed by atoms with Crippen LogP contribution in [-0.2, 0) is 11.3 Å². The molecule has 1 aliphatic rings. The summed E-state index contributed by atoms with van der Waals surface area (Å²) < 4.78 is 0. The third-order valence-electron chi connectivity index (χ3n) is 3.36. The van der Waals surface area contributed by atoms with Gasteiger partial charge in [-0.15, -0.1) is 0 Å². The average molecular weight is 233 g/mol. The van der Waals surface area contributed by atoms with Crippen molar-refractivity contribution in [2.75, 3.05) is 0 Å². The van der Waals surface area contributed by atoms with Crippen molar-refractivity contribution in [2.45, 2.75) is 38.3 Å². The molecule has 0 aromatic carbocycles. The van der Waals surface area contributed by atoms with Crippen molar-refractivity contribution in [3.05, 3.63) is 30.1 Å². The molecule has 2 atom stereocenters. The summed E-state index contributed by atoms with van der Waals surface area (Å²) in [5.41, 5.74) is 6.83. The van der Waals surface area contributed by atoms with E-state index in [2.05, 4.69) is 10.3 Å². The van der Waals surface area contributed by atoms with Crippen LogP contribution in [0.25, 0.3) is 0 Å². The molecule has 1 amide bonds. The molecular formula is C13H19N3O. The number of carbonyl (C=O) groups is 1. The van der Waals surface area contributed by atoms with E-state index in [-0.39, 0.29) is 11.9 Å². The fraction of sp³-hybridized carbons (Fsp3) is 0.538. The van der Waals surface area contributed by atoms with E-state index in [4.69, 9.17) is 5.73 Å². The molecule has 4 heteroatoms. The summed E-state index contributed by atoms with van der Waals surface area (Å²) in [6.07, 6.45) is 5.57. The highest BCUT2D eigenvalue weighted by Gasteiger charge is 2.25. The molecule has 4 nitrogen and oxygen atoms in total. The van der Waals surface area contributed by atoms with Crippen molar-refractivity contribution in [3.63, 3.8) is 0 Å². The normalized spacial score (nSPS) is 23.6. The van der Waals surface area contributed by atoms with Crippen LogP contribution in [0, 0.1) is 5.92 Å². The Bertz CT molecular complexity index is 366. The first kappa shape index (κ1) is 12.0. The average Bonchev–Trinajstić information content (AvgIpc) is 2.74. The van der Waals surface area contributed by atoms with Crippen molar-refractivity contribution in [1.29, 1.82) is 0 Å². The molecule has 1 aromatic rings. The van der Waals surface area contributed by atoms with Gasteiger partial charge in [-0.2, -0.15) is 0 Å². The lowest BCUT2D eigenvalue weighted by Gasteiger charge is -2.14. The summed E-state index contributed by atoms with van der Waals surface area (Å²) in [5.74, 6) is 0.441. The van der Waals surface area contributed by atoms with E-state index in [0.717, 1.165) is 25.0 Å². The molecule has 17 heavy (non-hydrogen) atoms. The predicted molar refractivity (Wildman–Crippen MR) is 66.0 cm³/mol. The predicted octanol–water partition coefficient (Wildman–Crippen LogP) is 1.22. The molecule has 1 saturated carbocycles. The maximum atomic E-state index is 11.7. The maximum absolute atomic E-state index is 11.7. The lowest BCUT2D eigenvalue weighted by Crippen LogP contribution is -2.31. The number of aromatic nitrogens is 1. The number of nitrogens with zero attached hydrogens (tertiary/aromatic N) is 1. The Balaban J connectivity index is 1.74. The van der Waals surface area contributed by atoms with Crippen LogP contribution in [-0.4, -0.2) is 16.9 Å². The van der Waals surface area contributed by atoms with Gasteiger partial charge in [0.1, 0.15) is 0 Å². The first-order valence-electron chi connectivity index (χ1n) is 6.18. The fourth-order valence-corrected chi connectivity index (χ4v) is 2.32. The van der Waals surface area contributed by atoms with Gasteiger partial charge >= 0.3 is 0 Å². The topological polar surface area (TPSA) is 68.0 Å². The first-order chi connectivity index (χ1) is 8.25. The van der Waals surface area contributed by atoms with Gasteiger partial charge in [0.2, 0.25) is 5.91 Å². The molecule has 92 valence electrons. The molecule has 0 bridgehead atoms. The van der Waals surface area contributed by atoms with Gasteiger partial charge in [-0.05, 0) is 30.9 Å². The van der Waals surface area contributed by atoms with Gasteiger partial charge in [0.15, 0.2) is 0 Å². The van der Waals surface area contributed by atoms with E-state index in [1.807, 2.05) is 18.2 Å². The summed E-state index contributed by atoms with van der Waals surface area (Å²) in [4.78, 5) is 15.9. The van der Waals surface area contributed by atoms with Gasteiger partial charge in [-0.25, -0.2) is 0 Å². The lowest BCUT2D eigenvalue weighted by atomic mass is 10.00. The van der Waals surface area contributed by atoms with Crippen LogP contribution in [0.2, 0.25) is 0 Å². The van der Waals surface area contributed by atoms with Crippen LogP contribution in [0.5, 0.6) is 0 Å². The van der Waals surface area contributed by atoms with Gasteiger partial charge in [0.05, 0.1) is 12.2 Å². The van der Waals surface area contributed by atoms with Crippen LogP contribution in [0.4, 0.5) is 0 Å². The van der Waals surface area contributed by atoms with Crippen molar-refractivity contribution < 1.29 is 4.79 Å². The van der Waals surface area contributed by atoms with E-state index in [9.17, 15) is 4.79 Å². The second kappa shape index (κ2) is 5.77. The van der Waals surface area contributed by atoms with Gasteiger partial charge in [0.25, 0.3) is 0 Å². The van der Waals surface area contributed by atoms with E-state index in [0.29, 0.717) is 18.9 Å². The highest BCUT2D eigenvalue weighted by molar-refractivity contribution is 5.76. The van der Waals surface area contributed by atoms with E-state index in [1.54, 1.807) is 6.20 Å². The molecule has 1 heterocycles. The number of amides is 1. The smallest absolute Gasteiger partial charge is 0.220 e. The third-order valence-corrected chi connectivity index (χ3v) is 3.36. The van der Waals surface area contributed by atoms with Gasteiger partial charge < -0.3 is 11.1 Å². The SMILES string of the molecule is N[C@@H]1CCC[C@H]1CC(=O)NCc1ccccn1. The lowest BCUT2D eigenvalue weighted by molar-refractivity contribution is -0.122. The van der Waals surface area contributed by atoms with Crippen LogP contribution in [0.1, 0.15) is 31.4 Å². The van der Waals surface area contributed by atoms with Crippen LogP contribution >= 0.6 is 0 Å². The number of hydrogen-bond donors (Lipinski definition) is 2. The molecule has 1 aliphatic carbocycles.